The van der Waals surface area contributed by atoms with Crippen LogP contribution < -0.4 is 4.74 Å². The number of carbonyl (C=O) groups excluding carboxylic acids is 1. The van der Waals surface area contributed by atoms with Gasteiger partial charge in [0, 0.05) is 25.8 Å². The summed E-state index contributed by atoms with van der Waals surface area (Å²) in [6, 6.07) is 2.62. The molecule has 2 atom stereocenters. The second kappa shape index (κ2) is 8.33. The molecule has 1 aromatic heterocycles. The number of aromatic nitrogens is 1. The first-order valence-corrected chi connectivity index (χ1v) is 8.65. The molecule has 2 rings (SSSR count). The highest BCUT2D eigenvalue weighted by Crippen LogP contribution is 2.34. The molecule has 9 heteroatoms. The monoisotopic (exact) mass is 390 g/mol. The largest absolute Gasteiger partial charge is 0.491 e. The molecule has 2 unspecified atom stereocenters. The van der Waals surface area contributed by atoms with Crippen molar-refractivity contribution in [1.82, 2.24) is 9.88 Å². The summed E-state index contributed by atoms with van der Waals surface area (Å²) in [5, 5.41) is 0. The van der Waals surface area contributed by atoms with Crippen molar-refractivity contribution in [1.29, 1.82) is 0 Å². The number of nitrogens with zero attached hydrogens (tertiary/aromatic N) is 2. The summed E-state index contributed by atoms with van der Waals surface area (Å²) in [5.41, 5.74) is -1.70. The van der Waals surface area contributed by atoms with Gasteiger partial charge in [-0.25, -0.2) is 9.78 Å². The van der Waals surface area contributed by atoms with Crippen molar-refractivity contribution < 1.29 is 32.2 Å². The van der Waals surface area contributed by atoms with Gasteiger partial charge in [-0.2, -0.15) is 13.2 Å². The summed E-state index contributed by atoms with van der Waals surface area (Å²) in [5.74, 6) is -0.522. The molecule has 0 aliphatic carbocycles. The third-order valence-electron chi connectivity index (χ3n) is 4.00. The van der Waals surface area contributed by atoms with Crippen molar-refractivity contribution in [2.24, 2.45) is 5.92 Å². The van der Waals surface area contributed by atoms with Crippen LogP contribution in [0.3, 0.4) is 0 Å². The van der Waals surface area contributed by atoms with Crippen LogP contribution in [-0.2, 0) is 15.7 Å². The smallest absolute Gasteiger partial charge is 0.437 e. The molecule has 1 fully saturated rings. The normalized spacial score (nSPS) is 21.1. The van der Waals surface area contributed by atoms with Crippen LogP contribution in [0, 0.1) is 5.92 Å². The Morgan fingerprint density at radius 1 is 1.30 bits per heavy atom. The second-order valence-electron chi connectivity index (χ2n) is 7.50. The van der Waals surface area contributed by atoms with E-state index in [1.165, 1.54) is 24.1 Å². The van der Waals surface area contributed by atoms with Crippen molar-refractivity contribution in [3.8, 4) is 5.75 Å². The highest BCUT2D eigenvalue weighted by atomic mass is 19.4. The molecular weight excluding hydrogens is 365 g/mol. The first-order valence-electron chi connectivity index (χ1n) is 8.65. The molecule has 1 saturated heterocycles. The Morgan fingerprint density at radius 3 is 2.59 bits per heavy atom. The molecule has 2 heterocycles. The fraction of sp³-hybridized carbons (Fsp3) is 0.667. The number of carbonyl (C=O) groups is 1. The fourth-order valence-electron chi connectivity index (χ4n) is 2.85. The standard InChI is InChI=1S/C18H25F3N2O4/c1-17(2,3)27-16(24)23-9-12(8-13(10-23)25-4)11-26-14-6-5-7-22-15(14)18(19,20)21/h5-7,12-13H,8-11H2,1-4H3. The van der Waals surface area contributed by atoms with E-state index >= 15 is 0 Å². The van der Waals surface area contributed by atoms with E-state index in [-0.39, 0.29) is 24.4 Å². The lowest BCUT2D eigenvalue weighted by atomic mass is 9.97. The van der Waals surface area contributed by atoms with Gasteiger partial charge in [0.1, 0.15) is 11.4 Å². The molecule has 0 N–H and O–H groups in total. The van der Waals surface area contributed by atoms with Crippen LogP contribution in [0.25, 0.3) is 0 Å². The highest BCUT2D eigenvalue weighted by Gasteiger charge is 2.37. The molecule has 152 valence electrons. The lowest BCUT2D eigenvalue weighted by Crippen LogP contribution is -2.49. The number of ether oxygens (including phenoxy) is 3. The van der Waals surface area contributed by atoms with Crippen LogP contribution in [-0.4, -0.2) is 54.5 Å². The molecule has 6 nitrogen and oxygen atoms in total. The lowest BCUT2D eigenvalue weighted by molar-refractivity contribution is -0.142. The quantitative estimate of drug-likeness (QED) is 0.784. The number of methoxy groups -OCH3 is 1. The number of amides is 1. The summed E-state index contributed by atoms with van der Waals surface area (Å²) in [6.45, 7) is 5.99. The van der Waals surface area contributed by atoms with Crippen molar-refractivity contribution >= 4 is 6.09 Å². The van der Waals surface area contributed by atoms with E-state index in [0.717, 1.165) is 6.20 Å². The number of piperidine rings is 1. The number of hydrogen-bond acceptors (Lipinski definition) is 5. The Balaban J connectivity index is 2.05. The van der Waals surface area contributed by atoms with Gasteiger partial charge < -0.3 is 19.1 Å². The van der Waals surface area contributed by atoms with Gasteiger partial charge in [0.05, 0.1) is 19.3 Å². The maximum Gasteiger partial charge on any atom is 0.437 e. The maximum atomic E-state index is 13.0. The molecule has 0 bridgehead atoms. The van der Waals surface area contributed by atoms with E-state index in [0.29, 0.717) is 19.5 Å². The fourth-order valence-corrected chi connectivity index (χ4v) is 2.85. The Labute approximate surface area is 156 Å². The van der Waals surface area contributed by atoms with Gasteiger partial charge in [0.15, 0.2) is 5.69 Å². The number of hydrogen-bond donors (Lipinski definition) is 0. The Hall–Kier alpha value is -2.03. The molecule has 0 aromatic carbocycles. The average Bonchev–Trinajstić information content (AvgIpc) is 2.57. The van der Waals surface area contributed by atoms with Crippen LogP contribution in [0.2, 0.25) is 0 Å². The third kappa shape index (κ3) is 6.27. The van der Waals surface area contributed by atoms with Crippen LogP contribution in [0.1, 0.15) is 32.9 Å². The molecule has 1 amide bonds. The highest BCUT2D eigenvalue weighted by molar-refractivity contribution is 5.68. The molecule has 1 aromatic rings. The summed E-state index contributed by atoms with van der Waals surface area (Å²) in [6.07, 6.45) is -3.68. The van der Waals surface area contributed by atoms with Crippen LogP contribution in [0.4, 0.5) is 18.0 Å². The van der Waals surface area contributed by atoms with E-state index < -0.39 is 23.6 Å². The Bertz CT molecular complexity index is 646. The minimum atomic E-state index is -4.60. The van der Waals surface area contributed by atoms with E-state index in [1.54, 1.807) is 20.8 Å². The molecule has 27 heavy (non-hydrogen) atoms. The van der Waals surface area contributed by atoms with Gasteiger partial charge in [-0.3, -0.25) is 0 Å². The Morgan fingerprint density at radius 2 is 2.00 bits per heavy atom. The predicted octanol–water partition coefficient (Wildman–Crippen LogP) is 3.75. The summed E-state index contributed by atoms with van der Waals surface area (Å²) in [4.78, 5) is 17.2. The van der Waals surface area contributed by atoms with Crippen LogP contribution >= 0.6 is 0 Å². The summed E-state index contributed by atoms with van der Waals surface area (Å²) in [7, 11) is 1.53. The molecule has 0 radical (unpaired) electrons. The number of pyridine rings is 1. The summed E-state index contributed by atoms with van der Waals surface area (Å²) < 4.78 is 55.2. The SMILES string of the molecule is COC1CC(COc2cccnc2C(F)(F)F)CN(C(=O)OC(C)(C)C)C1. The number of likely N-dealkylation sites (tertiary alicyclic amines) is 1. The first-order chi connectivity index (χ1) is 12.5. The van der Waals surface area contributed by atoms with E-state index in [1.807, 2.05) is 0 Å². The van der Waals surface area contributed by atoms with Crippen molar-refractivity contribution in [3.63, 3.8) is 0 Å². The zero-order valence-electron chi connectivity index (χ0n) is 15.9. The van der Waals surface area contributed by atoms with Crippen LogP contribution in [0.5, 0.6) is 5.75 Å². The zero-order valence-corrected chi connectivity index (χ0v) is 15.9. The van der Waals surface area contributed by atoms with Crippen molar-refractivity contribution in [3.05, 3.63) is 24.0 Å². The van der Waals surface area contributed by atoms with Crippen molar-refractivity contribution in [2.75, 3.05) is 26.8 Å². The van der Waals surface area contributed by atoms with Crippen molar-refractivity contribution in [2.45, 2.75) is 45.1 Å². The number of halogens is 3. The molecular formula is C18H25F3N2O4. The van der Waals surface area contributed by atoms with E-state index in [2.05, 4.69) is 4.98 Å². The third-order valence-corrected chi connectivity index (χ3v) is 4.00. The van der Waals surface area contributed by atoms with Crippen LogP contribution in [0.15, 0.2) is 18.3 Å². The first kappa shape index (κ1) is 21.3. The van der Waals surface area contributed by atoms with Gasteiger partial charge in [-0.15, -0.1) is 0 Å². The number of alkyl halides is 3. The molecule has 0 spiro atoms. The van der Waals surface area contributed by atoms with E-state index in [4.69, 9.17) is 14.2 Å². The zero-order chi connectivity index (χ0) is 20.2. The average molecular weight is 390 g/mol. The number of rotatable bonds is 4. The minimum Gasteiger partial charge on any atom is -0.491 e. The maximum absolute atomic E-state index is 13.0. The molecule has 0 saturated carbocycles. The molecule has 1 aliphatic heterocycles. The van der Waals surface area contributed by atoms with Gasteiger partial charge in [-0.05, 0) is 39.3 Å². The second-order valence-corrected chi connectivity index (χ2v) is 7.50. The van der Waals surface area contributed by atoms with Gasteiger partial charge in [0.2, 0.25) is 0 Å². The predicted molar refractivity (Wildman–Crippen MR) is 91.4 cm³/mol. The topological polar surface area (TPSA) is 60.9 Å². The molecule has 1 aliphatic rings. The Kier molecular flexibility index (Phi) is 6.56. The van der Waals surface area contributed by atoms with Gasteiger partial charge in [-0.1, -0.05) is 0 Å². The minimum absolute atomic E-state index is 0.00787. The lowest BCUT2D eigenvalue weighted by Gasteiger charge is -2.37. The summed E-state index contributed by atoms with van der Waals surface area (Å²) >= 11 is 0. The van der Waals surface area contributed by atoms with Gasteiger partial charge >= 0.3 is 12.3 Å². The van der Waals surface area contributed by atoms with E-state index in [9.17, 15) is 18.0 Å². The van der Waals surface area contributed by atoms with Gasteiger partial charge in [0.25, 0.3) is 0 Å².